The Bertz CT molecular complexity index is 822. The van der Waals surface area contributed by atoms with Gasteiger partial charge < -0.3 is 14.2 Å². The minimum atomic E-state index is -0.777. The lowest BCUT2D eigenvalue weighted by Gasteiger charge is -2.17. The van der Waals surface area contributed by atoms with Crippen LogP contribution in [-0.2, 0) is 9.59 Å². The fraction of sp³-hybridized carbons (Fsp3) is 0.333. The molecular weight excluding hydrogens is 360 g/mol. The first-order valence-corrected chi connectivity index (χ1v) is 9.08. The smallest absolute Gasteiger partial charge is 0.279 e. The SMILES string of the molecule is CCOc1ccccc1OCC(=O)NNC(=O)C(C)Oc1cccc(C)c1C. The number of amides is 2. The van der Waals surface area contributed by atoms with E-state index in [1.54, 1.807) is 31.2 Å². The van der Waals surface area contributed by atoms with Crippen LogP contribution in [0.25, 0.3) is 0 Å². The molecule has 2 aromatic rings. The van der Waals surface area contributed by atoms with Crippen molar-refractivity contribution in [2.24, 2.45) is 0 Å². The van der Waals surface area contributed by atoms with Crippen molar-refractivity contribution in [2.75, 3.05) is 13.2 Å². The van der Waals surface area contributed by atoms with Gasteiger partial charge in [-0.05, 0) is 57.0 Å². The van der Waals surface area contributed by atoms with Crippen LogP contribution in [0.2, 0.25) is 0 Å². The fourth-order valence-corrected chi connectivity index (χ4v) is 2.35. The molecule has 2 N–H and O–H groups in total. The van der Waals surface area contributed by atoms with E-state index in [0.717, 1.165) is 11.1 Å². The number of aryl methyl sites for hydroxylation is 1. The average molecular weight is 386 g/mol. The average Bonchev–Trinajstić information content (AvgIpc) is 2.69. The molecule has 0 spiro atoms. The predicted molar refractivity (Wildman–Crippen MR) is 105 cm³/mol. The third kappa shape index (κ3) is 5.90. The number of benzene rings is 2. The molecule has 1 unspecified atom stereocenters. The van der Waals surface area contributed by atoms with Crippen molar-refractivity contribution < 1.29 is 23.8 Å². The van der Waals surface area contributed by atoms with Gasteiger partial charge in [-0.25, -0.2) is 0 Å². The highest BCUT2D eigenvalue weighted by Crippen LogP contribution is 2.26. The van der Waals surface area contributed by atoms with Crippen LogP contribution in [0, 0.1) is 13.8 Å². The molecule has 0 aliphatic heterocycles. The van der Waals surface area contributed by atoms with Crippen molar-refractivity contribution in [3.05, 3.63) is 53.6 Å². The molecule has 0 aliphatic rings. The van der Waals surface area contributed by atoms with E-state index >= 15 is 0 Å². The Balaban J connectivity index is 1.80. The van der Waals surface area contributed by atoms with E-state index in [9.17, 15) is 9.59 Å². The van der Waals surface area contributed by atoms with Gasteiger partial charge in [0.1, 0.15) is 5.75 Å². The molecule has 28 heavy (non-hydrogen) atoms. The molecule has 0 aromatic heterocycles. The van der Waals surface area contributed by atoms with Crippen molar-refractivity contribution in [1.29, 1.82) is 0 Å². The molecule has 7 heteroatoms. The Morgan fingerprint density at radius 1 is 0.929 bits per heavy atom. The molecule has 0 aliphatic carbocycles. The zero-order valence-electron chi connectivity index (χ0n) is 16.6. The third-order valence-corrected chi connectivity index (χ3v) is 4.06. The monoisotopic (exact) mass is 386 g/mol. The summed E-state index contributed by atoms with van der Waals surface area (Å²) in [7, 11) is 0. The molecule has 0 bridgehead atoms. The van der Waals surface area contributed by atoms with Gasteiger partial charge in [0, 0.05) is 0 Å². The molecule has 2 rings (SSSR count). The Labute approximate surface area is 165 Å². The van der Waals surface area contributed by atoms with Gasteiger partial charge in [0.15, 0.2) is 24.2 Å². The van der Waals surface area contributed by atoms with Gasteiger partial charge in [-0.1, -0.05) is 24.3 Å². The van der Waals surface area contributed by atoms with E-state index in [4.69, 9.17) is 14.2 Å². The van der Waals surface area contributed by atoms with Gasteiger partial charge in [0.25, 0.3) is 11.8 Å². The minimum Gasteiger partial charge on any atom is -0.490 e. The lowest BCUT2D eigenvalue weighted by Crippen LogP contribution is -2.48. The summed E-state index contributed by atoms with van der Waals surface area (Å²) in [5, 5.41) is 0. The molecule has 2 aromatic carbocycles. The number of ether oxygens (including phenoxy) is 3. The number of para-hydroxylation sites is 2. The minimum absolute atomic E-state index is 0.267. The second-order valence-corrected chi connectivity index (χ2v) is 6.16. The number of rotatable bonds is 8. The maximum atomic E-state index is 12.1. The topological polar surface area (TPSA) is 85.9 Å². The molecule has 150 valence electrons. The summed E-state index contributed by atoms with van der Waals surface area (Å²) in [4.78, 5) is 24.1. The zero-order valence-corrected chi connectivity index (χ0v) is 16.6. The van der Waals surface area contributed by atoms with E-state index in [0.29, 0.717) is 23.9 Å². The second-order valence-electron chi connectivity index (χ2n) is 6.16. The van der Waals surface area contributed by atoms with Crippen LogP contribution in [0.1, 0.15) is 25.0 Å². The summed E-state index contributed by atoms with van der Waals surface area (Å²) in [5.74, 6) is 0.669. The number of hydrazine groups is 1. The molecular formula is C21H26N2O5. The number of carbonyl (C=O) groups is 2. The summed E-state index contributed by atoms with van der Waals surface area (Å²) < 4.78 is 16.6. The number of hydrogen-bond donors (Lipinski definition) is 2. The largest absolute Gasteiger partial charge is 0.490 e. The van der Waals surface area contributed by atoms with Gasteiger partial charge in [0.05, 0.1) is 6.61 Å². The highest BCUT2D eigenvalue weighted by Gasteiger charge is 2.17. The van der Waals surface area contributed by atoms with Gasteiger partial charge >= 0.3 is 0 Å². The van der Waals surface area contributed by atoms with Crippen LogP contribution in [0.15, 0.2) is 42.5 Å². The standard InChI is InChI=1S/C21H26N2O5/c1-5-26-18-10-6-7-11-19(18)27-13-20(24)22-23-21(25)16(4)28-17-12-8-9-14(2)15(17)3/h6-12,16H,5,13H2,1-4H3,(H,22,24)(H,23,25). The Hall–Kier alpha value is -3.22. The molecule has 7 nitrogen and oxygen atoms in total. The van der Waals surface area contributed by atoms with Crippen molar-refractivity contribution in [3.8, 4) is 17.2 Å². The van der Waals surface area contributed by atoms with Crippen molar-refractivity contribution in [2.45, 2.75) is 33.8 Å². The Morgan fingerprint density at radius 3 is 2.25 bits per heavy atom. The van der Waals surface area contributed by atoms with Crippen LogP contribution >= 0.6 is 0 Å². The quantitative estimate of drug-likeness (QED) is 0.682. The first-order valence-electron chi connectivity index (χ1n) is 9.08. The number of hydrogen-bond acceptors (Lipinski definition) is 5. The first kappa shape index (κ1) is 21.1. The zero-order chi connectivity index (χ0) is 20.5. The maximum Gasteiger partial charge on any atom is 0.279 e. The van der Waals surface area contributed by atoms with Gasteiger partial charge in [-0.2, -0.15) is 0 Å². The number of nitrogens with one attached hydrogen (secondary N) is 2. The van der Waals surface area contributed by atoms with Gasteiger partial charge in [-0.3, -0.25) is 20.4 Å². The van der Waals surface area contributed by atoms with E-state index in [1.807, 2.05) is 39.0 Å². The molecule has 0 radical (unpaired) electrons. The summed E-state index contributed by atoms with van der Waals surface area (Å²) in [6, 6.07) is 12.7. The first-order chi connectivity index (χ1) is 13.4. The van der Waals surface area contributed by atoms with E-state index in [2.05, 4.69) is 10.9 Å². The molecule has 0 fully saturated rings. The van der Waals surface area contributed by atoms with E-state index in [1.165, 1.54) is 0 Å². The molecule has 0 heterocycles. The van der Waals surface area contributed by atoms with Crippen molar-refractivity contribution in [1.82, 2.24) is 10.9 Å². The van der Waals surface area contributed by atoms with Crippen LogP contribution in [0.4, 0.5) is 0 Å². The highest BCUT2D eigenvalue weighted by atomic mass is 16.5. The normalized spacial score (nSPS) is 11.3. The fourth-order valence-electron chi connectivity index (χ4n) is 2.35. The van der Waals surface area contributed by atoms with E-state index < -0.39 is 17.9 Å². The third-order valence-electron chi connectivity index (χ3n) is 4.06. The van der Waals surface area contributed by atoms with Gasteiger partial charge in [0.2, 0.25) is 0 Å². The molecule has 0 saturated carbocycles. The molecule has 2 amide bonds. The van der Waals surface area contributed by atoms with Crippen molar-refractivity contribution in [3.63, 3.8) is 0 Å². The lowest BCUT2D eigenvalue weighted by atomic mass is 10.1. The highest BCUT2D eigenvalue weighted by molar-refractivity contribution is 5.85. The van der Waals surface area contributed by atoms with Crippen LogP contribution in [0.3, 0.4) is 0 Å². The summed E-state index contributed by atoms with van der Waals surface area (Å²) in [6.07, 6.45) is -0.777. The Morgan fingerprint density at radius 2 is 1.57 bits per heavy atom. The predicted octanol–water partition coefficient (Wildman–Crippen LogP) is 2.70. The summed E-state index contributed by atoms with van der Waals surface area (Å²) in [6.45, 7) is 7.58. The van der Waals surface area contributed by atoms with Crippen molar-refractivity contribution >= 4 is 11.8 Å². The second kappa shape index (κ2) is 10.2. The Kier molecular flexibility index (Phi) is 7.68. The molecule has 1 atom stereocenters. The number of carbonyl (C=O) groups excluding carboxylic acids is 2. The lowest BCUT2D eigenvalue weighted by molar-refractivity contribution is -0.133. The van der Waals surface area contributed by atoms with Crippen LogP contribution < -0.4 is 25.1 Å². The summed E-state index contributed by atoms with van der Waals surface area (Å²) >= 11 is 0. The van der Waals surface area contributed by atoms with Crippen LogP contribution in [-0.4, -0.2) is 31.1 Å². The van der Waals surface area contributed by atoms with Crippen LogP contribution in [0.5, 0.6) is 17.2 Å². The van der Waals surface area contributed by atoms with E-state index in [-0.39, 0.29) is 6.61 Å². The maximum absolute atomic E-state index is 12.1. The molecule has 0 saturated heterocycles. The van der Waals surface area contributed by atoms with Gasteiger partial charge in [-0.15, -0.1) is 0 Å². The summed E-state index contributed by atoms with van der Waals surface area (Å²) in [5.41, 5.74) is 6.69.